The minimum absolute atomic E-state index is 0.252. The molecule has 122 valence electrons. The third-order valence-corrected chi connectivity index (χ3v) is 5.62. The van der Waals surface area contributed by atoms with Gasteiger partial charge in [0, 0.05) is 49.2 Å². The van der Waals surface area contributed by atoms with Crippen LogP contribution in [-0.2, 0) is 4.79 Å². The number of pyridine rings is 1. The second-order valence-corrected chi connectivity index (χ2v) is 7.31. The molecule has 0 N–H and O–H groups in total. The molecule has 3 aliphatic rings. The van der Waals surface area contributed by atoms with E-state index in [0.717, 1.165) is 44.0 Å². The second kappa shape index (κ2) is 5.66. The van der Waals surface area contributed by atoms with Crippen molar-refractivity contribution in [3.8, 4) is 0 Å². The zero-order chi connectivity index (χ0) is 16.0. The molecule has 1 saturated carbocycles. The zero-order valence-corrected chi connectivity index (χ0v) is 14.0. The van der Waals surface area contributed by atoms with Crippen LogP contribution in [0, 0.1) is 31.6 Å². The lowest BCUT2D eigenvalue weighted by Gasteiger charge is -2.38. The number of carbonyl (C=O) groups is 1. The molecule has 4 heteroatoms. The number of aromatic nitrogens is 1. The van der Waals surface area contributed by atoms with E-state index < -0.39 is 0 Å². The first kappa shape index (κ1) is 14.7. The standard InChI is InChI=1S/C19H25N3O/c1-13-9-17(10-14(2)20-13)21-5-7-22(8-6-21)19(23)18-12-15-3-4-16(18)11-15/h3-4,9-10,15-16,18H,5-8,11-12H2,1-2H3/t15-,16+,18-/m1/s1. The summed E-state index contributed by atoms with van der Waals surface area (Å²) in [6.07, 6.45) is 6.85. The van der Waals surface area contributed by atoms with Crippen molar-refractivity contribution in [1.82, 2.24) is 9.88 Å². The predicted molar refractivity (Wildman–Crippen MR) is 91.3 cm³/mol. The Morgan fingerprint density at radius 1 is 1.04 bits per heavy atom. The maximum absolute atomic E-state index is 12.8. The first-order valence-electron chi connectivity index (χ1n) is 8.77. The molecule has 0 aromatic carbocycles. The molecular formula is C19H25N3O. The molecule has 0 unspecified atom stereocenters. The van der Waals surface area contributed by atoms with E-state index in [2.05, 4.69) is 39.1 Å². The van der Waals surface area contributed by atoms with E-state index in [-0.39, 0.29) is 5.92 Å². The van der Waals surface area contributed by atoms with Crippen LogP contribution in [0.3, 0.4) is 0 Å². The SMILES string of the molecule is Cc1cc(N2CCN(C(=O)[C@@H]3C[C@@H]4C=C[C@H]3C4)CC2)cc(C)n1. The van der Waals surface area contributed by atoms with Crippen LogP contribution in [0.1, 0.15) is 24.2 Å². The number of allylic oxidation sites excluding steroid dienone is 2. The highest BCUT2D eigenvalue weighted by atomic mass is 16.2. The fraction of sp³-hybridized carbons (Fsp3) is 0.579. The van der Waals surface area contributed by atoms with E-state index >= 15 is 0 Å². The molecule has 2 fully saturated rings. The minimum Gasteiger partial charge on any atom is -0.368 e. The van der Waals surface area contributed by atoms with Gasteiger partial charge in [-0.1, -0.05) is 12.2 Å². The van der Waals surface area contributed by atoms with E-state index in [1.54, 1.807) is 0 Å². The summed E-state index contributed by atoms with van der Waals surface area (Å²) in [5.41, 5.74) is 3.37. The van der Waals surface area contributed by atoms with Gasteiger partial charge in [-0.2, -0.15) is 0 Å². The van der Waals surface area contributed by atoms with Gasteiger partial charge >= 0.3 is 0 Å². The number of anilines is 1. The van der Waals surface area contributed by atoms with Crippen LogP contribution in [0.4, 0.5) is 5.69 Å². The topological polar surface area (TPSA) is 36.4 Å². The molecule has 2 aliphatic carbocycles. The van der Waals surface area contributed by atoms with Crippen LogP contribution >= 0.6 is 0 Å². The van der Waals surface area contributed by atoms with Crippen molar-refractivity contribution < 1.29 is 4.79 Å². The van der Waals surface area contributed by atoms with Crippen molar-refractivity contribution >= 4 is 11.6 Å². The van der Waals surface area contributed by atoms with Crippen LogP contribution in [-0.4, -0.2) is 42.0 Å². The number of nitrogens with zero attached hydrogens (tertiary/aromatic N) is 3. The molecule has 0 spiro atoms. The third-order valence-electron chi connectivity index (χ3n) is 5.62. The van der Waals surface area contributed by atoms with Crippen molar-refractivity contribution in [2.45, 2.75) is 26.7 Å². The first-order chi connectivity index (χ1) is 11.1. The van der Waals surface area contributed by atoms with Gasteiger partial charge in [0.25, 0.3) is 0 Å². The Morgan fingerprint density at radius 3 is 2.30 bits per heavy atom. The van der Waals surface area contributed by atoms with Crippen molar-refractivity contribution in [2.75, 3.05) is 31.1 Å². The highest BCUT2D eigenvalue weighted by Crippen LogP contribution is 2.44. The van der Waals surface area contributed by atoms with E-state index in [4.69, 9.17) is 0 Å². The molecule has 23 heavy (non-hydrogen) atoms. The van der Waals surface area contributed by atoms with Crippen LogP contribution in [0.5, 0.6) is 0 Å². The number of hydrogen-bond donors (Lipinski definition) is 0. The van der Waals surface area contributed by atoms with Crippen molar-refractivity contribution in [3.63, 3.8) is 0 Å². The summed E-state index contributed by atoms with van der Waals surface area (Å²) in [5.74, 6) is 1.82. The van der Waals surface area contributed by atoms with Crippen LogP contribution in [0.2, 0.25) is 0 Å². The Morgan fingerprint density at radius 2 is 1.74 bits per heavy atom. The summed E-state index contributed by atoms with van der Waals surface area (Å²) in [6.45, 7) is 7.61. The molecule has 3 atom stereocenters. The molecule has 2 bridgehead atoms. The lowest BCUT2D eigenvalue weighted by atomic mass is 9.92. The van der Waals surface area contributed by atoms with Gasteiger partial charge in [0.1, 0.15) is 0 Å². The van der Waals surface area contributed by atoms with Gasteiger partial charge in [-0.05, 0) is 50.7 Å². The fourth-order valence-electron chi connectivity index (χ4n) is 4.48. The molecule has 1 saturated heterocycles. The van der Waals surface area contributed by atoms with Gasteiger partial charge in [-0.15, -0.1) is 0 Å². The van der Waals surface area contributed by atoms with E-state index in [1.807, 2.05) is 13.8 Å². The Kier molecular flexibility index (Phi) is 3.63. The smallest absolute Gasteiger partial charge is 0.226 e. The van der Waals surface area contributed by atoms with Crippen molar-refractivity contribution in [3.05, 3.63) is 35.7 Å². The molecule has 2 heterocycles. The van der Waals surface area contributed by atoms with Crippen molar-refractivity contribution in [1.29, 1.82) is 0 Å². The Labute approximate surface area is 138 Å². The summed E-state index contributed by atoms with van der Waals surface area (Å²) < 4.78 is 0. The Bertz CT molecular complexity index is 626. The largest absolute Gasteiger partial charge is 0.368 e. The van der Waals surface area contributed by atoms with Gasteiger partial charge in [-0.25, -0.2) is 0 Å². The first-order valence-corrected chi connectivity index (χ1v) is 8.77. The maximum atomic E-state index is 12.8. The quantitative estimate of drug-likeness (QED) is 0.788. The van der Waals surface area contributed by atoms with Gasteiger partial charge in [0.05, 0.1) is 0 Å². The third kappa shape index (κ3) is 2.75. The zero-order valence-electron chi connectivity index (χ0n) is 14.0. The number of amides is 1. The van der Waals surface area contributed by atoms with Crippen LogP contribution in [0.15, 0.2) is 24.3 Å². The van der Waals surface area contributed by atoms with Gasteiger partial charge in [-0.3, -0.25) is 9.78 Å². The average molecular weight is 311 g/mol. The monoisotopic (exact) mass is 311 g/mol. The number of aryl methyl sites for hydroxylation is 2. The number of rotatable bonds is 2. The fourth-order valence-corrected chi connectivity index (χ4v) is 4.48. The van der Waals surface area contributed by atoms with E-state index in [1.165, 1.54) is 12.1 Å². The molecule has 1 aromatic rings. The molecule has 0 radical (unpaired) electrons. The predicted octanol–water partition coefficient (Wildman–Crippen LogP) is 2.56. The lowest BCUT2D eigenvalue weighted by molar-refractivity contribution is -0.136. The lowest BCUT2D eigenvalue weighted by Crippen LogP contribution is -2.51. The summed E-state index contributed by atoms with van der Waals surface area (Å²) in [4.78, 5) is 21.7. The molecule has 4 nitrogen and oxygen atoms in total. The van der Waals surface area contributed by atoms with Crippen LogP contribution < -0.4 is 4.90 Å². The summed E-state index contributed by atoms with van der Waals surface area (Å²) in [6, 6.07) is 4.29. The molecule has 1 aliphatic heterocycles. The van der Waals surface area contributed by atoms with Gasteiger partial charge < -0.3 is 9.80 Å². The average Bonchev–Trinajstić information content (AvgIpc) is 3.16. The molecule has 1 aromatic heterocycles. The van der Waals surface area contributed by atoms with E-state index in [0.29, 0.717) is 17.7 Å². The molecule has 4 rings (SSSR count). The normalized spacial score (nSPS) is 29.4. The number of fused-ring (bicyclic) bond motifs is 2. The van der Waals surface area contributed by atoms with Gasteiger partial charge in [0.15, 0.2) is 0 Å². The summed E-state index contributed by atoms with van der Waals surface area (Å²) in [5, 5.41) is 0. The highest BCUT2D eigenvalue weighted by molar-refractivity contribution is 5.80. The number of piperazine rings is 1. The molecule has 1 amide bonds. The minimum atomic E-state index is 0.252. The summed E-state index contributed by atoms with van der Waals surface area (Å²) in [7, 11) is 0. The maximum Gasteiger partial charge on any atom is 0.226 e. The van der Waals surface area contributed by atoms with Gasteiger partial charge in [0.2, 0.25) is 5.91 Å². The second-order valence-electron chi connectivity index (χ2n) is 7.31. The van der Waals surface area contributed by atoms with Crippen LogP contribution in [0.25, 0.3) is 0 Å². The molecular weight excluding hydrogens is 286 g/mol. The Hall–Kier alpha value is -1.84. The number of hydrogen-bond acceptors (Lipinski definition) is 3. The Balaban J connectivity index is 1.39. The van der Waals surface area contributed by atoms with Crippen molar-refractivity contribution in [2.24, 2.45) is 17.8 Å². The van der Waals surface area contributed by atoms with E-state index in [9.17, 15) is 4.79 Å². The highest BCUT2D eigenvalue weighted by Gasteiger charge is 2.41. The summed E-state index contributed by atoms with van der Waals surface area (Å²) >= 11 is 0. The number of carbonyl (C=O) groups excluding carboxylic acids is 1.